The van der Waals surface area contributed by atoms with Gasteiger partial charge in [-0.2, -0.15) is 0 Å². The number of halogens is 1. The number of nitrogens with zero attached hydrogens (tertiary/aromatic N) is 3. The van der Waals surface area contributed by atoms with Crippen molar-refractivity contribution in [1.29, 1.82) is 0 Å². The molecule has 146 valence electrons. The molecule has 0 N–H and O–H groups in total. The number of pyridine rings is 1. The van der Waals surface area contributed by atoms with E-state index in [4.69, 9.17) is 4.74 Å². The summed E-state index contributed by atoms with van der Waals surface area (Å²) in [5, 5.41) is 0. The van der Waals surface area contributed by atoms with E-state index in [1.165, 1.54) is 24.3 Å². The van der Waals surface area contributed by atoms with Crippen LogP contribution < -0.4 is 4.74 Å². The first-order valence-corrected chi connectivity index (χ1v) is 9.47. The highest BCUT2D eigenvalue weighted by Crippen LogP contribution is 2.29. The summed E-state index contributed by atoms with van der Waals surface area (Å²) < 4.78 is 18.5. The third kappa shape index (κ3) is 3.98. The molecular weight excluding hydrogens is 361 g/mol. The molecule has 3 saturated heterocycles. The number of benzene rings is 1. The van der Waals surface area contributed by atoms with Gasteiger partial charge >= 0.3 is 0 Å². The molecule has 0 unspecified atom stereocenters. The molecule has 3 aliphatic rings. The number of amides is 2. The van der Waals surface area contributed by atoms with E-state index in [2.05, 4.69) is 4.98 Å². The Bertz CT molecular complexity index is 844. The first-order chi connectivity index (χ1) is 13.6. The zero-order valence-corrected chi connectivity index (χ0v) is 15.5. The standard InChI is InChI=1S/C21H22FN3O3/c22-17-2-5-19(6-3-17)28-14-20(26)25-12-15-1-4-18(25)13-24(11-15)21(27)16-7-9-23-10-8-16/h2-3,5-10,15,18H,1,4,11-14H2/t15-,18+/m0/s1. The number of rotatable bonds is 4. The summed E-state index contributed by atoms with van der Waals surface area (Å²) in [5.41, 5.74) is 0.619. The molecule has 6 nitrogen and oxygen atoms in total. The second-order valence-electron chi connectivity index (χ2n) is 7.33. The van der Waals surface area contributed by atoms with Crippen molar-refractivity contribution in [2.75, 3.05) is 26.2 Å². The molecule has 1 aromatic carbocycles. The van der Waals surface area contributed by atoms with Gasteiger partial charge in [-0.15, -0.1) is 0 Å². The lowest BCUT2D eigenvalue weighted by atomic mass is 9.95. The second kappa shape index (κ2) is 7.96. The van der Waals surface area contributed by atoms with Gasteiger partial charge in [-0.25, -0.2) is 4.39 Å². The normalized spacial score (nSPS) is 21.3. The van der Waals surface area contributed by atoms with E-state index in [1.54, 1.807) is 24.5 Å². The van der Waals surface area contributed by atoms with Crippen LogP contribution in [0.1, 0.15) is 23.2 Å². The van der Waals surface area contributed by atoms with Gasteiger partial charge in [-0.1, -0.05) is 0 Å². The third-order valence-corrected chi connectivity index (χ3v) is 5.42. The summed E-state index contributed by atoms with van der Waals surface area (Å²) in [6.45, 7) is 1.73. The molecular formula is C21H22FN3O3. The molecule has 0 saturated carbocycles. The van der Waals surface area contributed by atoms with Crippen molar-refractivity contribution in [3.63, 3.8) is 0 Å². The largest absolute Gasteiger partial charge is 0.484 e. The number of carbonyl (C=O) groups is 2. The van der Waals surface area contributed by atoms with Crippen molar-refractivity contribution >= 4 is 11.8 Å². The van der Waals surface area contributed by atoms with Crippen LogP contribution in [-0.2, 0) is 4.79 Å². The van der Waals surface area contributed by atoms with Crippen molar-refractivity contribution in [3.8, 4) is 5.75 Å². The topological polar surface area (TPSA) is 62.7 Å². The summed E-state index contributed by atoms with van der Waals surface area (Å²) in [4.78, 5) is 33.2. The average molecular weight is 383 g/mol. The van der Waals surface area contributed by atoms with E-state index in [0.29, 0.717) is 30.9 Å². The molecule has 3 fully saturated rings. The first-order valence-electron chi connectivity index (χ1n) is 9.47. The van der Waals surface area contributed by atoms with E-state index in [-0.39, 0.29) is 36.2 Å². The maximum absolute atomic E-state index is 13.0. The fraction of sp³-hybridized carbons (Fsp3) is 0.381. The van der Waals surface area contributed by atoms with Gasteiger partial charge in [-0.05, 0) is 55.2 Å². The van der Waals surface area contributed by atoms with Gasteiger partial charge in [0.15, 0.2) is 6.61 Å². The lowest BCUT2D eigenvalue weighted by Gasteiger charge is -2.36. The van der Waals surface area contributed by atoms with Gasteiger partial charge in [0.25, 0.3) is 11.8 Å². The predicted octanol–water partition coefficient (Wildman–Crippen LogP) is 2.36. The molecule has 3 aliphatic heterocycles. The zero-order valence-electron chi connectivity index (χ0n) is 15.5. The van der Waals surface area contributed by atoms with Crippen LogP contribution in [0.25, 0.3) is 0 Å². The SMILES string of the molecule is O=C(c1ccncc1)N1C[C@@H]2CC[C@H](C1)N(C(=O)COc1ccc(F)cc1)C2. The second-order valence-corrected chi connectivity index (χ2v) is 7.33. The molecule has 0 spiro atoms. The lowest BCUT2D eigenvalue weighted by molar-refractivity contribution is -0.137. The van der Waals surface area contributed by atoms with Crippen molar-refractivity contribution in [1.82, 2.24) is 14.8 Å². The fourth-order valence-electron chi connectivity index (χ4n) is 3.99. The number of hydrogen-bond donors (Lipinski definition) is 0. The molecule has 2 bridgehead atoms. The first kappa shape index (κ1) is 18.4. The number of fused-ring (bicyclic) bond motifs is 4. The van der Waals surface area contributed by atoms with Crippen LogP contribution in [0.3, 0.4) is 0 Å². The minimum atomic E-state index is -0.345. The zero-order chi connectivity index (χ0) is 19.5. The summed E-state index contributed by atoms with van der Waals surface area (Å²) >= 11 is 0. The molecule has 0 radical (unpaired) electrons. The van der Waals surface area contributed by atoms with Gasteiger partial charge in [0.2, 0.25) is 0 Å². The Morgan fingerprint density at radius 3 is 2.54 bits per heavy atom. The number of ether oxygens (including phenoxy) is 1. The van der Waals surface area contributed by atoms with E-state index >= 15 is 0 Å². The van der Waals surface area contributed by atoms with Gasteiger partial charge in [0, 0.05) is 43.6 Å². The maximum atomic E-state index is 13.0. The minimum absolute atomic E-state index is 0.00569. The third-order valence-electron chi connectivity index (χ3n) is 5.42. The monoisotopic (exact) mass is 383 g/mol. The Balaban J connectivity index is 1.41. The highest BCUT2D eigenvalue weighted by molar-refractivity contribution is 5.94. The fourth-order valence-corrected chi connectivity index (χ4v) is 3.99. The van der Waals surface area contributed by atoms with Crippen LogP contribution in [0, 0.1) is 11.7 Å². The quantitative estimate of drug-likeness (QED) is 0.813. The van der Waals surface area contributed by atoms with Crippen LogP contribution in [0.2, 0.25) is 0 Å². The minimum Gasteiger partial charge on any atom is -0.484 e. The average Bonchev–Trinajstić information content (AvgIpc) is 3.05. The van der Waals surface area contributed by atoms with Crippen molar-refractivity contribution < 1.29 is 18.7 Å². The van der Waals surface area contributed by atoms with Crippen LogP contribution >= 0.6 is 0 Å². The lowest BCUT2D eigenvalue weighted by Crippen LogP contribution is -2.49. The van der Waals surface area contributed by atoms with Crippen molar-refractivity contribution in [2.24, 2.45) is 5.92 Å². The van der Waals surface area contributed by atoms with E-state index in [9.17, 15) is 14.0 Å². The Morgan fingerprint density at radius 2 is 1.79 bits per heavy atom. The Kier molecular flexibility index (Phi) is 5.23. The molecule has 2 atom stereocenters. The van der Waals surface area contributed by atoms with Crippen LogP contribution in [-0.4, -0.2) is 58.9 Å². The summed E-state index contributed by atoms with van der Waals surface area (Å²) in [5.74, 6) is 0.263. The summed E-state index contributed by atoms with van der Waals surface area (Å²) in [7, 11) is 0. The van der Waals surface area contributed by atoms with Crippen molar-refractivity contribution in [3.05, 3.63) is 60.2 Å². The molecule has 7 heteroatoms. The number of carbonyl (C=O) groups excluding carboxylic acids is 2. The van der Waals surface area contributed by atoms with Gasteiger partial charge < -0.3 is 14.5 Å². The molecule has 2 aromatic rings. The number of hydrogen-bond acceptors (Lipinski definition) is 4. The van der Waals surface area contributed by atoms with Crippen LogP contribution in [0.4, 0.5) is 4.39 Å². The van der Waals surface area contributed by atoms with Crippen molar-refractivity contribution in [2.45, 2.75) is 18.9 Å². The summed E-state index contributed by atoms with van der Waals surface area (Å²) in [6.07, 6.45) is 5.12. The molecule has 1 aromatic heterocycles. The van der Waals surface area contributed by atoms with E-state index < -0.39 is 0 Å². The number of piperidine rings is 1. The van der Waals surface area contributed by atoms with E-state index in [1.807, 2.05) is 9.80 Å². The van der Waals surface area contributed by atoms with Gasteiger partial charge in [0.05, 0.1) is 0 Å². The molecule has 0 aliphatic carbocycles. The maximum Gasteiger partial charge on any atom is 0.260 e. The Labute approximate surface area is 162 Å². The Morgan fingerprint density at radius 1 is 1.04 bits per heavy atom. The predicted molar refractivity (Wildman–Crippen MR) is 100 cm³/mol. The highest BCUT2D eigenvalue weighted by Gasteiger charge is 2.38. The van der Waals surface area contributed by atoms with Crippen LogP contribution in [0.15, 0.2) is 48.8 Å². The highest BCUT2D eigenvalue weighted by atomic mass is 19.1. The van der Waals surface area contributed by atoms with Gasteiger partial charge in [-0.3, -0.25) is 14.6 Å². The van der Waals surface area contributed by atoms with Crippen LogP contribution in [0.5, 0.6) is 5.75 Å². The molecule has 5 rings (SSSR count). The molecule has 4 heterocycles. The van der Waals surface area contributed by atoms with Gasteiger partial charge in [0.1, 0.15) is 11.6 Å². The number of aromatic nitrogens is 1. The smallest absolute Gasteiger partial charge is 0.260 e. The summed E-state index contributed by atoms with van der Waals surface area (Å²) in [6, 6.07) is 9.04. The Hall–Kier alpha value is -2.96. The molecule has 2 amide bonds. The van der Waals surface area contributed by atoms with E-state index in [0.717, 1.165) is 12.8 Å². The molecule has 28 heavy (non-hydrogen) atoms.